The second kappa shape index (κ2) is 7.92. The fourth-order valence-electron chi connectivity index (χ4n) is 2.87. The maximum absolute atomic E-state index is 5.13. The molecule has 0 fully saturated rings. The number of nitrogens with one attached hydrogen (secondary N) is 2. The van der Waals surface area contributed by atoms with Crippen LogP contribution in [0.4, 0.5) is 17.5 Å². The van der Waals surface area contributed by atoms with Gasteiger partial charge >= 0.3 is 0 Å². The third-order valence-corrected chi connectivity index (χ3v) is 4.36. The van der Waals surface area contributed by atoms with Crippen LogP contribution in [-0.2, 0) is 6.54 Å². The standard InChI is InChI=1S/C22H21N5O/c1-15-8-6-7-11-18(15)14-23-19-13-20(24-21-12-16(2)28-27-21)26-22(25-19)17-9-4-3-5-10-17/h3-13H,14H2,1-2H3,(H2,23,24,25,26,27). The van der Waals surface area contributed by atoms with Gasteiger partial charge in [-0.25, -0.2) is 9.97 Å². The Hall–Kier alpha value is -3.67. The van der Waals surface area contributed by atoms with Gasteiger partial charge in [-0.1, -0.05) is 59.8 Å². The lowest BCUT2D eigenvalue weighted by Gasteiger charge is -2.12. The molecule has 0 bridgehead atoms. The average Bonchev–Trinajstić information content (AvgIpc) is 3.12. The van der Waals surface area contributed by atoms with Gasteiger partial charge < -0.3 is 15.2 Å². The van der Waals surface area contributed by atoms with Gasteiger partial charge in [-0.2, -0.15) is 0 Å². The van der Waals surface area contributed by atoms with E-state index in [0.29, 0.717) is 24.0 Å². The second-order valence-electron chi connectivity index (χ2n) is 6.56. The number of anilines is 3. The highest BCUT2D eigenvalue weighted by atomic mass is 16.5. The summed E-state index contributed by atoms with van der Waals surface area (Å²) in [5.41, 5.74) is 3.41. The number of aryl methyl sites for hydroxylation is 2. The highest BCUT2D eigenvalue weighted by Gasteiger charge is 2.09. The quantitative estimate of drug-likeness (QED) is 0.491. The molecule has 0 amide bonds. The van der Waals surface area contributed by atoms with Crippen molar-refractivity contribution in [2.45, 2.75) is 20.4 Å². The number of rotatable bonds is 6. The Morgan fingerprint density at radius 1 is 0.821 bits per heavy atom. The van der Waals surface area contributed by atoms with Crippen molar-refractivity contribution < 1.29 is 4.52 Å². The molecule has 0 aliphatic heterocycles. The Kier molecular flexibility index (Phi) is 5.01. The molecule has 0 atom stereocenters. The molecule has 0 unspecified atom stereocenters. The van der Waals surface area contributed by atoms with E-state index >= 15 is 0 Å². The molecule has 2 aromatic heterocycles. The number of hydrogen-bond donors (Lipinski definition) is 2. The van der Waals surface area contributed by atoms with E-state index in [1.165, 1.54) is 11.1 Å². The summed E-state index contributed by atoms with van der Waals surface area (Å²) < 4.78 is 5.13. The molecule has 140 valence electrons. The van der Waals surface area contributed by atoms with Crippen LogP contribution in [0.5, 0.6) is 0 Å². The molecule has 2 heterocycles. The molecule has 6 heteroatoms. The first-order chi connectivity index (χ1) is 13.7. The van der Waals surface area contributed by atoms with Crippen LogP contribution in [0.1, 0.15) is 16.9 Å². The summed E-state index contributed by atoms with van der Waals surface area (Å²) in [6.07, 6.45) is 0. The van der Waals surface area contributed by atoms with E-state index in [1.807, 2.05) is 61.5 Å². The lowest BCUT2D eigenvalue weighted by molar-refractivity contribution is 0.400. The van der Waals surface area contributed by atoms with Crippen molar-refractivity contribution >= 4 is 17.5 Å². The van der Waals surface area contributed by atoms with Crippen molar-refractivity contribution in [1.29, 1.82) is 0 Å². The predicted molar refractivity (Wildman–Crippen MR) is 110 cm³/mol. The Bertz CT molecular complexity index is 1080. The van der Waals surface area contributed by atoms with Crippen LogP contribution in [0.25, 0.3) is 11.4 Å². The Morgan fingerprint density at radius 2 is 1.57 bits per heavy atom. The fraction of sp³-hybridized carbons (Fsp3) is 0.136. The van der Waals surface area contributed by atoms with E-state index in [9.17, 15) is 0 Å². The second-order valence-corrected chi connectivity index (χ2v) is 6.56. The maximum Gasteiger partial charge on any atom is 0.175 e. The summed E-state index contributed by atoms with van der Waals surface area (Å²) in [6, 6.07) is 21.9. The Labute approximate surface area is 163 Å². The van der Waals surface area contributed by atoms with E-state index in [1.54, 1.807) is 0 Å². The Morgan fingerprint density at radius 3 is 2.32 bits per heavy atom. The van der Waals surface area contributed by atoms with Gasteiger partial charge in [0, 0.05) is 24.2 Å². The molecule has 0 spiro atoms. The molecule has 28 heavy (non-hydrogen) atoms. The minimum atomic E-state index is 0.611. The van der Waals surface area contributed by atoms with Gasteiger partial charge in [-0.15, -0.1) is 0 Å². The molecule has 4 rings (SSSR count). The largest absolute Gasteiger partial charge is 0.366 e. The summed E-state index contributed by atoms with van der Waals surface area (Å²) in [5.74, 6) is 3.37. The zero-order valence-electron chi connectivity index (χ0n) is 15.8. The lowest BCUT2D eigenvalue weighted by atomic mass is 10.1. The topological polar surface area (TPSA) is 75.9 Å². The van der Waals surface area contributed by atoms with Gasteiger partial charge in [0.25, 0.3) is 0 Å². The molecule has 0 aliphatic carbocycles. The van der Waals surface area contributed by atoms with E-state index in [-0.39, 0.29) is 0 Å². The molecule has 2 N–H and O–H groups in total. The number of aromatic nitrogens is 3. The number of nitrogens with zero attached hydrogens (tertiary/aromatic N) is 3. The van der Waals surface area contributed by atoms with Crippen molar-refractivity contribution in [2.75, 3.05) is 10.6 Å². The average molecular weight is 371 g/mol. The summed E-state index contributed by atoms with van der Waals surface area (Å²) in [4.78, 5) is 9.33. The summed E-state index contributed by atoms with van der Waals surface area (Å²) in [6.45, 7) is 4.63. The molecule has 4 aromatic rings. The van der Waals surface area contributed by atoms with Crippen molar-refractivity contribution in [3.8, 4) is 11.4 Å². The first-order valence-corrected chi connectivity index (χ1v) is 9.10. The minimum Gasteiger partial charge on any atom is -0.366 e. The highest BCUT2D eigenvalue weighted by Crippen LogP contribution is 2.23. The number of benzene rings is 2. The van der Waals surface area contributed by atoms with Crippen molar-refractivity contribution in [3.05, 3.63) is 83.6 Å². The third-order valence-electron chi connectivity index (χ3n) is 4.36. The molecular weight excluding hydrogens is 350 g/mol. The van der Waals surface area contributed by atoms with Crippen molar-refractivity contribution in [3.63, 3.8) is 0 Å². The molecule has 0 aliphatic rings. The third kappa shape index (κ3) is 4.17. The fourth-order valence-corrected chi connectivity index (χ4v) is 2.87. The van der Waals surface area contributed by atoms with Gasteiger partial charge in [0.2, 0.25) is 0 Å². The summed E-state index contributed by atoms with van der Waals surface area (Å²) in [7, 11) is 0. The normalized spacial score (nSPS) is 10.6. The number of hydrogen-bond acceptors (Lipinski definition) is 6. The van der Waals surface area contributed by atoms with Gasteiger partial charge in [0.1, 0.15) is 17.4 Å². The summed E-state index contributed by atoms with van der Waals surface area (Å²) >= 11 is 0. The molecule has 0 radical (unpaired) electrons. The molecular formula is C22H21N5O. The summed E-state index contributed by atoms with van der Waals surface area (Å²) in [5, 5.41) is 10.6. The molecule has 0 saturated heterocycles. The van der Waals surface area contributed by atoms with Gasteiger partial charge in [-0.05, 0) is 25.0 Å². The lowest BCUT2D eigenvalue weighted by Crippen LogP contribution is -2.06. The first-order valence-electron chi connectivity index (χ1n) is 9.10. The Balaban J connectivity index is 1.64. The SMILES string of the molecule is Cc1cc(Nc2cc(NCc3ccccc3C)nc(-c3ccccc3)n2)no1. The van der Waals surface area contributed by atoms with E-state index in [0.717, 1.165) is 17.1 Å². The van der Waals surface area contributed by atoms with Gasteiger partial charge in [0.05, 0.1) is 0 Å². The molecule has 0 saturated carbocycles. The van der Waals surface area contributed by atoms with Crippen LogP contribution in [0.2, 0.25) is 0 Å². The van der Waals surface area contributed by atoms with Crippen LogP contribution < -0.4 is 10.6 Å². The highest BCUT2D eigenvalue weighted by molar-refractivity contribution is 5.63. The van der Waals surface area contributed by atoms with Crippen LogP contribution in [0, 0.1) is 13.8 Å². The molecule has 6 nitrogen and oxygen atoms in total. The monoisotopic (exact) mass is 371 g/mol. The van der Waals surface area contributed by atoms with E-state index < -0.39 is 0 Å². The van der Waals surface area contributed by atoms with Gasteiger partial charge in [-0.3, -0.25) is 0 Å². The van der Waals surface area contributed by atoms with Crippen LogP contribution >= 0.6 is 0 Å². The van der Waals surface area contributed by atoms with Crippen LogP contribution in [0.3, 0.4) is 0 Å². The van der Waals surface area contributed by atoms with E-state index in [2.05, 4.69) is 44.8 Å². The van der Waals surface area contributed by atoms with Crippen molar-refractivity contribution in [2.24, 2.45) is 0 Å². The van der Waals surface area contributed by atoms with E-state index in [4.69, 9.17) is 4.52 Å². The zero-order chi connectivity index (χ0) is 19.3. The minimum absolute atomic E-state index is 0.611. The predicted octanol–water partition coefficient (Wildman–Crippen LogP) is 5.10. The van der Waals surface area contributed by atoms with Gasteiger partial charge in [0.15, 0.2) is 11.6 Å². The van der Waals surface area contributed by atoms with Crippen molar-refractivity contribution in [1.82, 2.24) is 15.1 Å². The first kappa shape index (κ1) is 17.7. The molecule has 2 aromatic carbocycles. The zero-order valence-corrected chi connectivity index (χ0v) is 15.8. The van der Waals surface area contributed by atoms with Crippen LogP contribution in [-0.4, -0.2) is 15.1 Å². The smallest absolute Gasteiger partial charge is 0.175 e. The van der Waals surface area contributed by atoms with Crippen LogP contribution in [0.15, 0.2) is 71.3 Å². The maximum atomic E-state index is 5.13.